The van der Waals surface area contributed by atoms with E-state index in [1.807, 2.05) is 23.1 Å². The van der Waals surface area contributed by atoms with E-state index in [4.69, 9.17) is 16.6 Å². The highest BCUT2D eigenvalue weighted by Gasteiger charge is 2.36. The number of likely N-dealkylation sites (N-methyl/N-ethyl adjacent to an activating group) is 1. The van der Waals surface area contributed by atoms with Gasteiger partial charge in [0.2, 0.25) is 5.91 Å². The van der Waals surface area contributed by atoms with Gasteiger partial charge in [-0.25, -0.2) is 9.78 Å². The molecule has 1 aromatic heterocycles. The van der Waals surface area contributed by atoms with Crippen LogP contribution in [0.1, 0.15) is 46.7 Å². The van der Waals surface area contributed by atoms with Gasteiger partial charge in [-0.2, -0.15) is 0 Å². The van der Waals surface area contributed by atoms with Crippen LogP contribution in [-0.4, -0.2) is 41.0 Å². The number of aromatic nitrogens is 1. The SMILES string of the molecule is CNC(C)C(=O)Nc1ccc2c(n1)CN(C(C)CC(C)(C)C)C(=O)N2c1cccc(Cl)c1. The molecule has 0 bridgehead atoms. The number of rotatable bonds is 6. The second-order valence-corrected chi connectivity index (χ2v) is 9.94. The van der Waals surface area contributed by atoms with E-state index in [1.54, 1.807) is 37.1 Å². The third-order valence-corrected chi connectivity index (χ3v) is 5.77. The van der Waals surface area contributed by atoms with Crippen LogP contribution in [0.5, 0.6) is 0 Å². The fourth-order valence-electron chi connectivity index (χ4n) is 3.92. The van der Waals surface area contributed by atoms with Crippen molar-refractivity contribution < 1.29 is 9.59 Å². The Labute approximate surface area is 195 Å². The molecule has 2 unspecified atom stereocenters. The normalized spacial score (nSPS) is 15.9. The van der Waals surface area contributed by atoms with Crippen LogP contribution in [0.4, 0.5) is 22.0 Å². The van der Waals surface area contributed by atoms with Gasteiger partial charge in [-0.3, -0.25) is 9.69 Å². The minimum Gasteiger partial charge on any atom is -0.315 e. The lowest BCUT2D eigenvalue weighted by atomic mass is 9.88. The Bertz CT molecular complexity index is 1000. The Morgan fingerprint density at radius 1 is 1.22 bits per heavy atom. The molecule has 0 saturated carbocycles. The molecule has 3 rings (SSSR count). The average Bonchev–Trinajstić information content (AvgIpc) is 2.71. The van der Waals surface area contributed by atoms with Crippen LogP contribution >= 0.6 is 11.6 Å². The summed E-state index contributed by atoms with van der Waals surface area (Å²) in [6.07, 6.45) is 0.841. The smallest absolute Gasteiger partial charge is 0.315 e. The number of hydrogen-bond donors (Lipinski definition) is 2. The molecule has 1 aromatic carbocycles. The zero-order valence-electron chi connectivity index (χ0n) is 19.6. The monoisotopic (exact) mass is 457 g/mol. The lowest BCUT2D eigenvalue weighted by Gasteiger charge is -2.41. The van der Waals surface area contributed by atoms with E-state index in [9.17, 15) is 9.59 Å². The van der Waals surface area contributed by atoms with Crippen molar-refractivity contribution in [2.24, 2.45) is 5.41 Å². The second kappa shape index (κ2) is 9.46. The van der Waals surface area contributed by atoms with Crippen molar-refractivity contribution in [2.45, 2.75) is 59.7 Å². The topological polar surface area (TPSA) is 77.6 Å². The number of pyridine rings is 1. The number of benzene rings is 1. The van der Waals surface area contributed by atoms with Crippen molar-refractivity contribution in [2.75, 3.05) is 17.3 Å². The number of fused-ring (bicyclic) bond motifs is 1. The van der Waals surface area contributed by atoms with Crippen LogP contribution < -0.4 is 15.5 Å². The Morgan fingerprint density at radius 3 is 2.56 bits per heavy atom. The number of nitrogens with zero attached hydrogens (tertiary/aromatic N) is 3. The van der Waals surface area contributed by atoms with E-state index in [1.165, 1.54) is 0 Å². The second-order valence-electron chi connectivity index (χ2n) is 9.50. The zero-order valence-corrected chi connectivity index (χ0v) is 20.3. The zero-order chi connectivity index (χ0) is 23.6. The van der Waals surface area contributed by atoms with E-state index >= 15 is 0 Å². The Morgan fingerprint density at radius 2 is 1.94 bits per heavy atom. The summed E-state index contributed by atoms with van der Waals surface area (Å²) < 4.78 is 0. The Balaban J connectivity index is 2.02. The number of urea groups is 1. The average molecular weight is 458 g/mol. The maximum absolute atomic E-state index is 13.6. The van der Waals surface area contributed by atoms with Crippen molar-refractivity contribution in [3.05, 3.63) is 47.1 Å². The van der Waals surface area contributed by atoms with Gasteiger partial charge in [-0.1, -0.05) is 38.4 Å². The summed E-state index contributed by atoms with van der Waals surface area (Å²) in [5, 5.41) is 6.31. The van der Waals surface area contributed by atoms with E-state index in [0.717, 1.165) is 12.1 Å². The summed E-state index contributed by atoms with van der Waals surface area (Å²) in [6, 6.07) is 10.3. The van der Waals surface area contributed by atoms with Crippen LogP contribution in [0, 0.1) is 5.41 Å². The lowest BCUT2D eigenvalue weighted by Crippen LogP contribution is -2.49. The number of carbonyl (C=O) groups excluding carboxylic acids is 2. The van der Waals surface area contributed by atoms with E-state index < -0.39 is 0 Å². The van der Waals surface area contributed by atoms with E-state index in [0.29, 0.717) is 28.8 Å². The fourth-order valence-corrected chi connectivity index (χ4v) is 4.10. The lowest BCUT2D eigenvalue weighted by molar-refractivity contribution is -0.117. The van der Waals surface area contributed by atoms with Crippen molar-refractivity contribution >= 4 is 40.7 Å². The number of amides is 3. The Hall–Kier alpha value is -2.64. The van der Waals surface area contributed by atoms with Gasteiger partial charge in [0, 0.05) is 11.1 Å². The summed E-state index contributed by atoms with van der Waals surface area (Å²) in [7, 11) is 1.73. The first-order chi connectivity index (χ1) is 15.0. The third kappa shape index (κ3) is 5.40. The van der Waals surface area contributed by atoms with Crippen LogP contribution in [0.25, 0.3) is 0 Å². The molecular formula is C24H32ClN5O2. The van der Waals surface area contributed by atoms with E-state index in [2.05, 4.69) is 38.3 Å². The van der Waals surface area contributed by atoms with Crippen molar-refractivity contribution in [1.29, 1.82) is 0 Å². The summed E-state index contributed by atoms with van der Waals surface area (Å²) in [6.45, 7) is 10.7. The first-order valence-electron chi connectivity index (χ1n) is 10.8. The molecule has 2 aromatic rings. The summed E-state index contributed by atoms with van der Waals surface area (Å²) in [4.78, 5) is 34.1. The van der Waals surface area contributed by atoms with Crippen LogP contribution in [0.3, 0.4) is 0 Å². The predicted molar refractivity (Wildman–Crippen MR) is 129 cm³/mol. The molecule has 8 heteroatoms. The number of nitrogens with one attached hydrogen (secondary N) is 2. The quantitative estimate of drug-likeness (QED) is 0.626. The Kier molecular flexibility index (Phi) is 7.10. The standard InChI is InChI=1S/C24H32ClN5O2/c1-15(13-24(3,4)5)29-14-19-20(10-11-21(27-19)28-22(31)16(2)26-6)30(23(29)32)18-9-7-8-17(25)12-18/h7-12,15-16,26H,13-14H2,1-6H3,(H,27,28,31). The van der Waals surface area contributed by atoms with Gasteiger partial charge in [-0.05, 0) is 63.1 Å². The molecule has 2 atom stereocenters. The highest BCUT2D eigenvalue weighted by molar-refractivity contribution is 6.31. The molecule has 0 saturated heterocycles. The molecular weight excluding hydrogens is 426 g/mol. The number of carbonyl (C=O) groups is 2. The molecule has 2 N–H and O–H groups in total. The van der Waals surface area contributed by atoms with Gasteiger partial charge in [0.15, 0.2) is 0 Å². The molecule has 7 nitrogen and oxygen atoms in total. The summed E-state index contributed by atoms with van der Waals surface area (Å²) in [5.74, 6) is 0.288. The summed E-state index contributed by atoms with van der Waals surface area (Å²) in [5.41, 5.74) is 2.16. The molecule has 1 aliphatic heterocycles. The minimum absolute atomic E-state index is 0.00157. The molecule has 3 amide bonds. The van der Waals surface area contributed by atoms with Gasteiger partial charge >= 0.3 is 6.03 Å². The molecule has 1 aliphatic rings. The molecule has 0 radical (unpaired) electrons. The summed E-state index contributed by atoms with van der Waals surface area (Å²) >= 11 is 6.23. The van der Waals surface area contributed by atoms with Gasteiger partial charge < -0.3 is 15.5 Å². The molecule has 0 fully saturated rings. The van der Waals surface area contributed by atoms with Gasteiger partial charge in [0.25, 0.3) is 0 Å². The van der Waals surface area contributed by atoms with E-state index in [-0.39, 0.29) is 29.4 Å². The highest BCUT2D eigenvalue weighted by atomic mass is 35.5. The molecule has 172 valence electrons. The largest absolute Gasteiger partial charge is 0.329 e. The molecule has 0 aliphatic carbocycles. The minimum atomic E-state index is -0.347. The molecule has 2 heterocycles. The predicted octanol–water partition coefficient (Wildman–Crippen LogP) is 5.18. The van der Waals surface area contributed by atoms with Gasteiger partial charge in [0.1, 0.15) is 5.82 Å². The van der Waals surface area contributed by atoms with Crippen molar-refractivity contribution in [1.82, 2.24) is 15.2 Å². The first-order valence-corrected chi connectivity index (χ1v) is 11.2. The van der Waals surface area contributed by atoms with Crippen molar-refractivity contribution in [3.63, 3.8) is 0 Å². The van der Waals surface area contributed by atoms with Crippen LogP contribution in [-0.2, 0) is 11.3 Å². The molecule has 0 spiro atoms. The fraction of sp³-hybridized carbons (Fsp3) is 0.458. The third-order valence-electron chi connectivity index (χ3n) is 5.53. The van der Waals surface area contributed by atoms with Crippen molar-refractivity contribution in [3.8, 4) is 0 Å². The maximum atomic E-state index is 13.6. The van der Waals surface area contributed by atoms with Crippen LogP contribution in [0.2, 0.25) is 5.02 Å². The molecule has 32 heavy (non-hydrogen) atoms. The van der Waals surface area contributed by atoms with Crippen LogP contribution in [0.15, 0.2) is 36.4 Å². The number of anilines is 3. The van der Waals surface area contributed by atoms with Gasteiger partial charge in [0.05, 0.1) is 29.7 Å². The van der Waals surface area contributed by atoms with Gasteiger partial charge in [-0.15, -0.1) is 0 Å². The highest BCUT2D eigenvalue weighted by Crippen LogP contribution is 2.37. The first kappa shape index (κ1) is 24.0. The number of hydrogen-bond acceptors (Lipinski definition) is 4. The maximum Gasteiger partial charge on any atom is 0.329 e. The number of halogens is 1.